The third-order valence-corrected chi connectivity index (χ3v) is 6.83. The maximum atomic E-state index is 12.4. The molecule has 0 aromatic heterocycles. The average Bonchev–Trinajstić information content (AvgIpc) is 3.09. The molecule has 0 bridgehead atoms. The summed E-state index contributed by atoms with van der Waals surface area (Å²) in [6.07, 6.45) is 8.37. The normalized spacial score (nSPS) is 40.1. The Balaban J connectivity index is 2.00. The highest BCUT2D eigenvalue weighted by Crippen LogP contribution is 2.61. The molecule has 0 N–H and O–H groups in total. The summed E-state index contributed by atoms with van der Waals surface area (Å²) in [5.74, 6) is -0.895. The summed E-state index contributed by atoms with van der Waals surface area (Å²) in [5.41, 5.74) is 1.81. The first-order valence-electron chi connectivity index (χ1n) is 9.96. The lowest BCUT2D eigenvalue weighted by molar-refractivity contribution is -0.242. The Bertz CT molecular complexity index is 649. The van der Waals surface area contributed by atoms with Crippen LogP contribution >= 0.6 is 0 Å². The molecule has 2 heterocycles. The van der Waals surface area contributed by atoms with Crippen molar-refractivity contribution in [3.63, 3.8) is 0 Å². The molecular formula is C22H34O5. The van der Waals surface area contributed by atoms with Crippen LogP contribution in [0.25, 0.3) is 0 Å². The molecule has 5 nitrogen and oxygen atoms in total. The SMILES string of the molecule is COC(=O)C[C@H]1[C@](C)(CCC=C(C)C)CC=C2CO[C@H]3C[C@@](C)(OC)O[C@@]231. The fourth-order valence-electron chi connectivity index (χ4n) is 5.21. The number of hydrogen-bond acceptors (Lipinski definition) is 5. The van der Waals surface area contributed by atoms with E-state index >= 15 is 0 Å². The number of carbonyl (C=O) groups is 1. The van der Waals surface area contributed by atoms with E-state index in [1.54, 1.807) is 7.11 Å². The molecule has 0 saturated carbocycles. The number of rotatable bonds is 6. The van der Waals surface area contributed by atoms with Crippen LogP contribution in [0.2, 0.25) is 0 Å². The second-order valence-electron chi connectivity index (χ2n) is 8.98. The summed E-state index contributed by atoms with van der Waals surface area (Å²) < 4.78 is 23.6. The van der Waals surface area contributed by atoms with Gasteiger partial charge < -0.3 is 18.9 Å². The lowest BCUT2D eigenvalue weighted by Crippen LogP contribution is -2.55. The zero-order valence-electron chi connectivity index (χ0n) is 17.6. The van der Waals surface area contributed by atoms with Crippen LogP contribution in [0.5, 0.6) is 0 Å². The van der Waals surface area contributed by atoms with Crippen molar-refractivity contribution >= 4 is 5.97 Å². The number of carbonyl (C=O) groups excluding carboxylic acids is 1. The molecule has 5 atom stereocenters. The zero-order chi connectivity index (χ0) is 19.9. The first-order chi connectivity index (χ1) is 12.7. The summed E-state index contributed by atoms with van der Waals surface area (Å²) in [4.78, 5) is 12.4. The van der Waals surface area contributed by atoms with E-state index in [0.29, 0.717) is 19.4 Å². The van der Waals surface area contributed by atoms with E-state index in [9.17, 15) is 4.79 Å². The van der Waals surface area contributed by atoms with Gasteiger partial charge in [-0.15, -0.1) is 0 Å². The molecule has 27 heavy (non-hydrogen) atoms. The summed E-state index contributed by atoms with van der Waals surface area (Å²) in [5, 5.41) is 0. The maximum Gasteiger partial charge on any atom is 0.305 e. The Kier molecular flexibility index (Phi) is 5.59. The van der Waals surface area contributed by atoms with Gasteiger partial charge in [-0.2, -0.15) is 0 Å². The lowest BCUT2D eigenvalue weighted by Gasteiger charge is -2.50. The molecule has 3 aliphatic rings. The van der Waals surface area contributed by atoms with Gasteiger partial charge in [0.2, 0.25) is 0 Å². The minimum Gasteiger partial charge on any atom is -0.469 e. The molecule has 3 rings (SSSR count). The largest absolute Gasteiger partial charge is 0.469 e. The predicted molar refractivity (Wildman–Crippen MR) is 103 cm³/mol. The summed E-state index contributed by atoms with van der Waals surface area (Å²) >= 11 is 0. The van der Waals surface area contributed by atoms with E-state index in [1.807, 2.05) is 6.92 Å². The summed E-state index contributed by atoms with van der Waals surface area (Å²) in [6, 6.07) is 0. The van der Waals surface area contributed by atoms with Crippen LogP contribution in [0.15, 0.2) is 23.3 Å². The monoisotopic (exact) mass is 378 g/mol. The Morgan fingerprint density at radius 2 is 2.07 bits per heavy atom. The van der Waals surface area contributed by atoms with E-state index < -0.39 is 11.4 Å². The quantitative estimate of drug-likeness (QED) is 0.513. The number of esters is 1. The van der Waals surface area contributed by atoms with E-state index in [4.69, 9.17) is 18.9 Å². The highest BCUT2D eigenvalue weighted by Gasteiger charge is 2.67. The van der Waals surface area contributed by atoms with Gasteiger partial charge in [0.1, 0.15) is 5.60 Å². The van der Waals surface area contributed by atoms with Crippen molar-refractivity contribution < 1.29 is 23.7 Å². The molecule has 5 heteroatoms. The molecule has 2 saturated heterocycles. The molecule has 1 spiro atoms. The average molecular weight is 379 g/mol. The number of methoxy groups -OCH3 is 2. The van der Waals surface area contributed by atoms with Gasteiger partial charge in [0.15, 0.2) is 5.79 Å². The fourth-order valence-corrected chi connectivity index (χ4v) is 5.21. The van der Waals surface area contributed by atoms with Crippen LogP contribution in [0.1, 0.15) is 59.8 Å². The summed E-state index contributed by atoms with van der Waals surface area (Å²) in [7, 11) is 3.13. The second kappa shape index (κ2) is 7.34. The topological polar surface area (TPSA) is 54.0 Å². The Labute approximate surface area is 163 Å². The molecule has 152 valence electrons. The molecule has 0 unspecified atom stereocenters. The van der Waals surface area contributed by atoms with Crippen molar-refractivity contribution in [2.75, 3.05) is 20.8 Å². The van der Waals surface area contributed by atoms with Crippen molar-refractivity contribution in [3.8, 4) is 0 Å². The minimum absolute atomic E-state index is 0.00696. The Morgan fingerprint density at radius 1 is 1.33 bits per heavy atom. The standard InChI is InChI=1S/C22H34O5/c1-15(2)8-7-10-20(3)11-9-16-14-26-18-13-21(4,25-6)27-22(16,18)17(20)12-19(23)24-5/h8-9,17-18H,7,10-14H2,1-6H3/t17-,18-,20+,21-,22+/m0/s1. The molecule has 1 aliphatic carbocycles. The van der Waals surface area contributed by atoms with Crippen molar-refractivity contribution in [1.29, 1.82) is 0 Å². The maximum absolute atomic E-state index is 12.4. The van der Waals surface area contributed by atoms with E-state index in [1.165, 1.54) is 18.3 Å². The molecular weight excluding hydrogens is 344 g/mol. The van der Waals surface area contributed by atoms with Crippen molar-refractivity contribution in [3.05, 3.63) is 23.3 Å². The number of allylic oxidation sites excluding steroid dienone is 3. The number of ether oxygens (including phenoxy) is 4. The van der Waals surface area contributed by atoms with Gasteiger partial charge in [0.05, 0.1) is 26.2 Å². The van der Waals surface area contributed by atoms with Crippen molar-refractivity contribution in [1.82, 2.24) is 0 Å². The van der Waals surface area contributed by atoms with Crippen molar-refractivity contribution in [2.24, 2.45) is 11.3 Å². The molecule has 2 aliphatic heterocycles. The molecule has 0 aromatic carbocycles. The number of hydrogen-bond donors (Lipinski definition) is 0. The smallest absolute Gasteiger partial charge is 0.305 e. The van der Waals surface area contributed by atoms with Crippen molar-refractivity contribution in [2.45, 2.75) is 77.3 Å². The van der Waals surface area contributed by atoms with Gasteiger partial charge in [-0.05, 0) is 51.0 Å². The first kappa shape index (κ1) is 20.6. The van der Waals surface area contributed by atoms with Crippen LogP contribution in [0.4, 0.5) is 0 Å². The van der Waals surface area contributed by atoms with Gasteiger partial charge >= 0.3 is 5.97 Å². The van der Waals surface area contributed by atoms with E-state index in [-0.39, 0.29) is 23.4 Å². The van der Waals surface area contributed by atoms with Crippen LogP contribution in [0, 0.1) is 11.3 Å². The second-order valence-corrected chi connectivity index (χ2v) is 8.98. The highest BCUT2D eigenvalue weighted by molar-refractivity contribution is 5.70. The van der Waals surface area contributed by atoms with Crippen LogP contribution in [-0.4, -0.2) is 44.3 Å². The van der Waals surface area contributed by atoms with E-state index in [2.05, 4.69) is 32.9 Å². The zero-order valence-corrected chi connectivity index (χ0v) is 17.6. The third kappa shape index (κ3) is 3.50. The van der Waals surface area contributed by atoms with E-state index in [0.717, 1.165) is 19.3 Å². The minimum atomic E-state index is -0.698. The Hall–Kier alpha value is -1.17. The van der Waals surface area contributed by atoms with Crippen LogP contribution < -0.4 is 0 Å². The van der Waals surface area contributed by atoms with Gasteiger partial charge in [-0.3, -0.25) is 4.79 Å². The first-order valence-corrected chi connectivity index (χ1v) is 9.96. The molecule has 0 amide bonds. The molecule has 2 fully saturated rings. The third-order valence-electron chi connectivity index (χ3n) is 6.83. The van der Waals surface area contributed by atoms with Gasteiger partial charge in [0.25, 0.3) is 0 Å². The van der Waals surface area contributed by atoms with Gasteiger partial charge in [-0.25, -0.2) is 0 Å². The molecule has 0 radical (unpaired) electrons. The van der Waals surface area contributed by atoms with Gasteiger partial charge in [-0.1, -0.05) is 24.6 Å². The summed E-state index contributed by atoms with van der Waals surface area (Å²) in [6.45, 7) is 9.06. The van der Waals surface area contributed by atoms with Gasteiger partial charge in [0, 0.05) is 19.4 Å². The lowest BCUT2D eigenvalue weighted by atomic mass is 9.57. The highest BCUT2D eigenvalue weighted by atomic mass is 16.7. The van der Waals surface area contributed by atoms with Crippen LogP contribution in [-0.2, 0) is 23.7 Å². The van der Waals surface area contributed by atoms with Crippen LogP contribution in [0.3, 0.4) is 0 Å². The predicted octanol–water partition coefficient (Wildman–Crippen LogP) is 4.17. The molecule has 0 aromatic rings. The Morgan fingerprint density at radius 3 is 2.70 bits per heavy atom. The fraction of sp³-hybridized carbons (Fsp3) is 0.773.